The second kappa shape index (κ2) is 4.86. The van der Waals surface area contributed by atoms with Crippen molar-refractivity contribution in [3.8, 4) is 0 Å². The van der Waals surface area contributed by atoms with E-state index in [1.54, 1.807) is 4.90 Å². The molecule has 1 fully saturated rings. The van der Waals surface area contributed by atoms with Crippen molar-refractivity contribution in [2.75, 3.05) is 18.1 Å². The first kappa shape index (κ1) is 10.9. The van der Waals surface area contributed by atoms with Crippen LogP contribution in [0.4, 0.5) is 0 Å². The van der Waals surface area contributed by atoms with E-state index in [0.717, 1.165) is 24.5 Å². The Morgan fingerprint density at radius 3 is 2.92 bits per heavy atom. The molecule has 1 aliphatic heterocycles. The Kier molecular flexibility index (Phi) is 4.06. The molecule has 4 heteroatoms. The molecule has 0 radical (unpaired) electrons. The van der Waals surface area contributed by atoms with E-state index in [2.05, 4.69) is 0 Å². The summed E-state index contributed by atoms with van der Waals surface area (Å²) in [4.78, 5) is 13.3. The van der Waals surface area contributed by atoms with Crippen LogP contribution in [0.25, 0.3) is 0 Å². The van der Waals surface area contributed by atoms with Gasteiger partial charge in [-0.05, 0) is 26.0 Å². The molecular weight excluding hydrogens is 186 g/mol. The number of amides is 1. The highest BCUT2D eigenvalue weighted by atomic mass is 32.2. The predicted molar refractivity (Wildman–Crippen MR) is 54.8 cm³/mol. The number of aliphatic hydroxyl groups is 1. The summed E-state index contributed by atoms with van der Waals surface area (Å²) in [5.74, 6) is 1.98. The number of carbonyl (C=O) groups excluding carboxylic acids is 1. The molecule has 0 spiro atoms. The number of hydrogen-bond acceptors (Lipinski definition) is 3. The molecule has 1 amide bonds. The van der Waals surface area contributed by atoms with Gasteiger partial charge in [-0.15, -0.1) is 0 Å². The van der Waals surface area contributed by atoms with Crippen LogP contribution in [0.15, 0.2) is 0 Å². The first-order chi connectivity index (χ1) is 6.13. The van der Waals surface area contributed by atoms with Crippen LogP contribution in [0.5, 0.6) is 0 Å². The summed E-state index contributed by atoms with van der Waals surface area (Å²) in [7, 11) is 0. The number of nitrogens with zero attached hydrogens (tertiary/aromatic N) is 1. The normalized spacial score (nSPS) is 26.7. The van der Waals surface area contributed by atoms with Crippen molar-refractivity contribution < 1.29 is 9.90 Å². The molecule has 0 aliphatic carbocycles. The molecule has 0 aromatic heterocycles. The highest BCUT2D eigenvalue weighted by molar-refractivity contribution is 7.99. The monoisotopic (exact) mass is 203 g/mol. The van der Waals surface area contributed by atoms with Crippen LogP contribution in [0.1, 0.15) is 20.3 Å². The van der Waals surface area contributed by atoms with Gasteiger partial charge in [-0.1, -0.05) is 0 Å². The third kappa shape index (κ3) is 2.88. The van der Waals surface area contributed by atoms with Gasteiger partial charge in [0.15, 0.2) is 0 Å². The van der Waals surface area contributed by atoms with Crippen LogP contribution in [0.3, 0.4) is 0 Å². The molecule has 0 aromatic carbocycles. The summed E-state index contributed by atoms with van der Waals surface area (Å²) in [5, 5.41) is 9.18. The highest BCUT2D eigenvalue weighted by Crippen LogP contribution is 2.16. The Hall–Kier alpha value is -0.220. The lowest BCUT2D eigenvalue weighted by molar-refractivity contribution is -0.141. The summed E-state index contributed by atoms with van der Waals surface area (Å²) >= 11 is 1.88. The topological polar surface area (TPSA) is 40.5 Å². The summed E-state index contributed by atoms with van der Waals surface area (Å²) in [6.07, 6.45) is 0.175. The zero-order chi connectivity index (χ0) is 9.84. The fourth-order valence-corrected chi connectivity index (χ4v) is 2.50. The van der Waals surface area contributed by atoms with Gasteiger partial charge in [-0.3, -0.25) is 4.79 Å². The van der Waals surface area contributed by atoms with Gasteiger partial charge in [0.2, 0.25) is 0 Å². The number of carbonyl (C=O) groups is 1. The third-order valence-corrected chi connectivity index (χ3v) is 3.32. The van der Waals surface area contributed by atoms with Crippen molar-refractivity contribution in [3.63, 3.8) is 0 Å². The van der Waals surface area contributed by atoms with Gasteiger partial charge in [0, 0.05) is 18.3 Å². The highest BCUT2D eigenvalue weighted by Gasteiger charge is 2.24. The van der Waals surface area contributed by atoms with Crippen LogP contribution in [0, 0.1) is 0 Å². The maximum Gasteiger partial charge on any atom is 0.251 e. The average molecular weight is 203 g/mol. The molecule has 0 saturated carbocycles. The van der Waals surface area contributed by atoms with Gasteiger partial charge < -0.3 is 10.0 Å². The molecule has 2 atom stereocenters. The zero-order valence-electron chi connectivity index (χ0n) is 8.19. The van der Waals surface area contributed by atoms with E-state index in [1.165, 1.54) is 6.92 Å². The van der Waals surface area contributed by atoms with E-state index < -0.39 is 6.10 Å². The van der Waals surface area contributed by atoms with Gasteiger partial charge in [-0.25, -0.2) is 0 Å². The standard InChI is InChI=1S/C9H17NO2S/c1-7-3-5-13-6-4-10(7)9(12)8(2)11/h7-8,11H,3-6H2,1-2H3/t7?,8-/m0/s1. The molecule has 1 saturated heterocycles. The molecular formula is C9H17NO2S. The van der Waals surface area contributed by atoms with Crippen molar-refractivity contribution in [1.29, 1.82) is 0 Å². The fraction of sp³-hybridized carbons (Fsp3) is 0.889. The number of rotatable bonds is 1. The van der Waals surface area contributed by atoms with Crippen molar-refractivity contribution >= 4 is 17.7 Å². The molecule has 1 heterocycles. The minimum Gasteiger partial charge on any atom is -0.384 e. The lowest BCUT2D eigenvalue weighted by atomic mass is 10.2. The summed E-state index contributed by atoms with van der Waals surface area (Å²) in [6.45, 7) is 4.36. The zero-order valence-corrected chi connectivity index (χ0v) is 9.01. The molecule has 1 unspecified atom stereocenters. The molecule has 13 heavy (non-hydrogen) atoms. The summed E-state index contributed by atoms with van der Waals surface area (Å²) < 4.78 is 0. The summed E-state index contributed by atoms with van der Waals surface area (Å²) in [6, 6.07) is 0.275. The first-order valence-corrected chi connectivity index (χ1v) is 5.84. The third-order valence-electron chi connectivity index (χ3n) is 2.33. The van der Waals surface area contributed by atoms with Gasteiger partial charge in [0.25, 0.3) is 5.91 Å². The Morgan fingerprint density at radius 2 is 2.31 bits per heavy atom. The number of thioether (sulfide) groups is 1. The van der Waals surface area contributed by atoms with Crippen LogP contribution < -0.4 is 0 Å². The lowest BCUT2D eigenvalue weighted by Gasteiger charge is -2.27. The molecule has 0 bridgehead atoms. The lowest BCUT2D eigenvalue weighted by Crippen LogP contribution is -2.43. The van der Waals surface area contributed by atoms with Crippen molar-refractivity contribution in [2.45, 2.75) is 32.4 Å². The Labute approximate surface area is 83.5 Å². The quantitative estimate of drug-likeness (QED) is 0.682. The van der Waals surface area contributed by atoms with E-state index in [1.807, 2.05) is 18.7 Å². The van der Waals surface area contributed by atoms with Gasteiger partial charge in [0.05, 0.1) is 0 Å². The van der Waals surface area contributed by atoms with Crippen LogP contribution in [0.2, 0.25) is 0 Å². The minimum absolute atomic E-state index is 0.130. The number of hydrogen-bond donors (Lipinski definition) is 1. The Bertz CT molecular complexity index is 184. The fourth-order valence-electron chi connectivity index (χ4n) is 1.46. The molecule has 1 N–H and O–H groups in total. The molecule has 1 aliphatic rings. The second-order valence-electron chi connectivity index (χ2n) is 3.46. The Morgan fingerprint density at radius 1 is 1.62 bits per heavy atom. The van der Waals surface area contributed by atoms with Crippen molar-refractivity contribution in [1.82, 2.24) is 4.90 Å². The van der Waals surface area contributed by atoms with Crippen LogP contribution >= 0.6 is 11.8 Å². The van der Waals surface area contributed by atoms with Crippen LogP contribution in [-0.2, 0) is 4.79 Å². The van der Waals surface area contributed by atoms with Crippen molar-refractivity contribution in [2.24, 2.45) is 0 Å². The molecule has 1 rings (SSSR count). The van der Waals surface area contributed by atoms with Gasteiger partial charge >= 0.3 is 0 Å². The largest absolute Gasteiger partial charge is 0.384 e. The maximum atomic E-state index is 11.5. The van der Waals surface area contributed by atoms with Crippen LogP contribution in [-0.4, -0.2) is 46.1 Å². The van der Waals surface area contributed by atoms with Crippen molar-refractivity contribution in [3.05, 3.63) is 0 Å². The minimum atomic E-state index is -0.856. The van der Waals surface area contributed by atoms with Gasteiger partial charge in [0.1, 0.15) is 6.10 Å². The predicted octanol–water partition coefficient (Wildman–Crippen LogP) is 0.721. The van der Waals surface area contributed by atoms with E-state index in [9.17, 15) is 9.90 Å². The van der Waals surface area contributed by atoms with E-state index >= 15 is 0 Å². The van der Waals surface area contributed by atoms with E-state index in [-0.39, 0.29) is 11.9 Å². The Balaban J connectivity index is 2.58. The number of aliphatic hydroxyl groups excluding tert-OH is 1. The molecule has 3 nitrogen and oxygen atoms in total. The maximum absolute atomic E-state index is 11.5. The summed E-state index contributed by atoms with van der Waals surface area (Å²) in [5.41, 5.74) is 0. The van der Waals surface area contributed by atoms with E-state index in [0.29, 0.717) is 0 Å². The SMILES string of the molecule is CC1CCSCCN1C(=O)[C@H](C)O. The molecule has 0 aromatic rings. The smallest absolute Gasteiger partial charge is 0.251 e. The van der Waals surface area contributed by atoms with Gasteiger partial charge in [-0.2, -0.15) is 11.8 Å². The second-order valence-corrected chi connectivity index (χ2v) is 4.68. The average Bonchev–Trinajstić information content (AvgIpc) is 2.28. The van der Waals surface area contributed by atoms with E-state index in [4.69, 9.17) is 0 Å². The first-order valence-electron chi connectivity index (χ1n) is 4.69. The molecule has 76 valence electrons.